The molecule has 19 heavy (non-hydrogen) atoms. The predicted molar refractivity (Wildman–Crippen MR) is 81.1 cm³/mol. The molecule has 0 saturated carbocycles. The molecule has 2 rings (SSSR count). The molecular weight excluding hydrogens is 281 g/mol. The number of nitrogen functional groups attached to an aromatic ring is 1. The van der Waals surface area contributed by atoms with Crippen LogP contribution in [0.2, 0.25) is 10.0 Å². The van der Waals surface area contributed by atoms with Gasteiger partial charge in [-0.3, -0.25) is 0 Å². The molecule has 2 aromatic carbocycles. The lowest BCUT2D eigenvalue weighted by Gasteiger charge is -2.09. The van der Waals surface area contributed by atoms with Crippen LogP contribution in [0.15, 0.2) is 42.5 Å². The molecule has 0 amide bonds. The van der Waals surface area contributed by atoms with Crippen LogP contribution in [0.4, 0.5) is 5.69 Å². The maximum atomic E-state index is 6.02. The lowest BCUT2D eigenvalue weighted by Crippen LogP contribution is -2.00. The number of benzene rings is 2. The summed E-state index contributed by atoms with van der Waals surface area (Å²) in [6, 6.07) is 13.2. The summed E-state index contributed by atoms with van der Waals surface area (Å²) < 4.78 is 5.62. The van der Waals surface area contributed by atoms with Crippen molar-refractivity contribution in [2.45, 2.75) is 12.8 Å². The minimum Gasteiger partial charge on any atom is -0.490 e. The molecule has 4 heteroatoms. The molecule has 0 aromatic heterocycles. The Morgan fingerprint density at radius 3 is 2.37 bits per heavy atom. The maximum absolute atomic E-state index is 6.02. The van der Waals surface area contributed by atoms with E-state index in [-0.39, 0.29) is 0 Å². The average molecular weight is 296 g/mol. The Hall–Kier alpha value is -1.38. The first kappa shape index (κ1) is 14.0. The topological polar surface area (TPSA) is 35.2 Å². The second-order valence-corrected chi connectivity index (χ2v) is 5.06. The summed E-state index contributed by atoms with van der Waals surface area (Å²) in [6.07, 6.45) is 1.79. The predicted octanol–water partition coefficient (Wildman–Crippen LogP) is 4.59. The number of aryl methyl sites for hydroxylation is 1. The van der Waals surface area contributed by atoms with Gasteiger partial charge in [0.1, 0.15) is 0 Å². The van der Waals surface area contributed by atoms with Crippen LogP contribution < -0.4 is 10.5 Å². The molecular formula is C15H15Cl2NO. The summed E-state index contributed by atoms with van der Waals surface area (Å²) in [5, 5.41) is 1.08. The largest absolute Gasteiger partial charge is 0.490 e. The SMILES string of the molecule is Nc1cccc(CCCOc2c(Cl)cccc2Cl)c1. The van der Waals surface area contributed by atoms with Crippen LogP contribution in [0.3, 0.4) is 0 Å². The first-order chi connectivity index (χ1) is 9.16. The fraction of sp³-hybridized carbons (Fsp3) is 0.200. The Labute approximate surface area is 123 Å². The maximum Gasteiger partial charge on any atom is 0.156 e. The molecule has 0 heterocycles. The zero-order chi connectivity index (χ0) is 13.7. The third-order valence-corrected chi connectivity index (χ3v) is 3.32. The van der Waals surface area contributed by atoms with Crippen molar-refractivity contribution in [3.05, 3.63) is 58.1 Å². The van der Waals surface area contributed by atoms with E-state index in [9.17, 15) is 0 Å². The lowest BCUT2D eigenvalue weighted by molar-refractivity contribution is 0.311. The summed E-state index contributed by atoms with van der Waals surface area (Å²) in [5.41, 5.74) is 7.71. The first-order valence-corrected chi connectivity index (χ1v) is 6.83. The fourth-order valence-corrected chi connectivity index (χ4v) is 2.33. The highest BCUT2D eigenvalue weighted by atomic mass is 35.5. The van der Waals surface area contributed by atoms with Crippen molar-refractivity contribution in [2.75, 3.05) is 12.3 Å². The average Bonchev–Trinajstić information content (AvgIpc) is 2.37. The van der Waals surface area contributed by atoms with E-state index >= 15 is 0 Å². The van der Waals surface area contributed by atoms with Gasteiger partial charge in [-0.1, -0.05) is 41.4 Å². The summed E-state index contributed by atoms with van der Waals surface area (Å²) in [7, 11) is 0. The van der Waals surface area contributed by atoms with Crippen molar-refractivity contribution >= 4 is 28.9 Å². The number of nitrogens with two attached hydrogens (primary N) is 1. The van der Waals surface area contributed by atoms with Gasteiger partial charge in [0, 0.05) is 5.69 Å². The van der Waals surface area contributed by atoms with E-state index in [1.165, 1.54) is 5.56 Å². The van der Waals surface area contributed by atoms with Gasteiger partial charge in [-0.25, -0.2) is 0 Å². The zero-order valence-electron chi connectivity index (χ0n) is 10.4. The summed E-state index contributed by atoms with van der Waals surface area (Å²) in [6.45, 7) is 0.568. The second kappa shape index (κ2) is 6.69. The molecule has 2 nitrogen and oxygen atoms in total. The van der Waals surface area contributed by atoms with Gasteiger partial charge < -0.3 is 10.5 Å². The van der Waals surface area contributed by atoms with E-state index in [1.54, 1.807) is 18.2 Å². The second-order valence-electron chi connectivity index (χ2n) is 4.25. The molecule has 0 aliphatic carbocycles. The molecule has 0 spiro atoms. The van der Waals surface area contributed by atoms with Crippen molar-refractivity contribution in [3.63, 3.8) is 0 Å². The van der Waals surface area contributed by atoms with Gasteiger partial charge in [0.2, 0.25) is 0 Å². The summed E-state index contributed by atoms with van der Waals surface area (Å²) in [5.74, 6) is 0.554. The standard InChI is InChI=1S/C15H15Cl2NO/c16-13-7-2-8-14(17)15(13)19-9-3-5-11-4-1-6-12(18)10-11/h1-2,4,6-8,10H,3,5,9,18H2. The number of halogens is 2. The number of hydrogen-bond donors (Lipinski definition) is 1. The third-order valence-electron chi connectivity index (χ3n) is 2.73. The molecule has 0 saturated heterocycles. The number of hydrogen-bond acceptors (Lipinski definition) is 2. The van der Waals surface area contributed by atoms with Crippen molar-refractivity contribution < 1.29 is 4.74 Å². The first-order valence-electron chi connectivity index (χ1n) is 6.08. The molecule has 2 N–H and O–H groups in total. The normalized spacial score (nSPS) is 10.4. The molecule has 0 fully saturated rings. The Morgan fingerprint density at radius 2 is 1.68 bits per heavy atom. The number of ether oxygens (including phenoxy) is 1. The van der Waals surface area contributed by atoms with Crippen LogP contribution in [-0.2, 0) is 6.42 Å². The highest BCUT2D eigenvalue weighted by molar-refractivity contribution is 6.37. The highest BCUT2D eigenvalue weighted by Gasteiger charge is 2.06. The Kier molecular flexibility index (Phi) is 4.94. The Balaban J connectivity index is 1.84. The van der Waals surface area contributed by atoms with E-state index < -0.39 is 0 Å². The Morgan fingerprint density at radius 1 is 1.00 bits per heavy atom. The van der Waals surface area contributed by atoms with Crippen LogP contribution in [-0.4, -0.2) is 6.61 Å². The fourth-order valence-electron chi connectivity index (χ4n) is 1.82. The van der Waals surface area contributed by atoms with Gasteiger partial charge in [-0.2, -0.15) is 0 Å². The van der Waals surface area contributed by atoms with Gasteiger partial charge >= 0.3 is 0 Å². The monoisotopic (exact) mass is 295 g/mol. The van der Waals surface area contributed by atoms with Gasteiger partial charge in [0.05, 0.1) is 16.7 Å². The van der Waals surface area contributed by atoms with Crippen LogP contribution in [0, 0.1) is 0 Å². The van der Waals surface area contributed by atoms with Crippen LogP contribution in [0.25, 0.3) is 0 Å². The van der Waals surface area contributed by atoms with Crippen LogP contribution in [0.1, 0.15) is 12.0 Å². The van der Waals surface area contributed by atoms with Gasteiger partial charge in [0.15, 0.2) is 5.75 Å². The molecule has 0 aliphatic rings. The smallest absolute Gasteiger partial charge is 0.156 e. The molecule has 0 aliphatic heterocycles. The number of rotatable bonds is 5. The lowest BCUT2D eigenvalue weighted by atomic mass is 10.1. The summed E-state index contributed by atoms with van der Waals surface area (Å²) >= 11 is 12.0. The van der Waals surface area contributed by atoms with Gasteiger partial charge in [-0.05, 0) is 42.7 Å². The number of anilines is 1. The van der Waals surface area contributed by atoms with E-state index in [2.05, 4.69) is 6.07 Å². The number of para-hydroxylation sites is 1. The molecule has 0 bridgehead atoms. The van der Waals surface area contributed by atoms with Crippen molar-refractivity contribution in [2.24, 2.45) is 0 Å². The van der Waals surface area contributed by atoms with Crippen LogP contribution in [0.5, 0.6) is 5.75 Å². The summed E-state index contributed by atoms with van der Waals surface area (Å²) in [4.78, 5) is 0. The van der Waals surface area contributed by atoms with Crippen molar-refractivity contribution in [3.8, 4) is 5.75 Å². The van der Waals surface area contributed by atoms with E-state index in [4.69, 9.17) is 33.7 Å². The molecule has 0 atom stereocenters. The minimum absolute atomic E-state index is 0.538. The minimum atomic E-state index is 0.538. The van der Waals surface area contributed by atoms with Gasteiger partial charge in [-0.15, -0.1) is 0 Å². The molecule has 0 radical (unpaired) electrons. The molecule has 0 unspecified atom stereocenters. The van der Waals surface area contributed by atoms with Gasteiger partial charge in [0.25, 0.3) is 0 Å². The quantitative estimate of drug-likeness (QED) is 0.647. The molecule has 2 aromatic rings. The Bertz CT molecular complexity index is 537. The highest BCUT2D eigenvalue weighted by Crippen LogP contribution is 2.32. The van der Waals surface area contributed by atoms with Crippen molar-refractivity contribution in [1.82, 2.24) is 0 Å². The van der Waals surface area contributed by atoms with E-state index in [1.807, 2.05) is 18.2 Å². The van der Waals surface area contributed by atoms with Crippen LogP contribution >= 0.6 is 23.2 Å². The molecule has 100 valence electrons. The van der Waals surface area contributed by atoms with E-state index in [0.717, 1.165) is 18.5 Å². The third kappa shape index (κ3) is 4.05. The zero-order valence-corrected chi connectivity index (χ0v) is 11.9. The van der Waals surface area contributed by atoms with Crippen molar-refractivity contribution in [1.29, 1.82) is 0 Å². The van der Waals surface area contributed by atoms with E-state index in [0.29, 0.717) is 22.4 Å².